The van der Waals surface area contributed by atoms with Gasteiger partial charge in [0, 0.05) is 6.54 Å². The molecular weight excluding hydrogens is 251 g/mol. The maximum Gasteiger partial charge on any atom is 1.00 e. The molecule has 0 atom stereocenters. The standard InChI is InChI=1S/C10H16N2O3S.Na/c1-7-11-9(8(16-7)10(13)14)15-6-4-5-12(2)3;/h4-6H2,1-3H3,(H,13,14);/q;+1/p-1. The fraction of sp³-hybridized carbons (Fsp3) is 0.600. The first kappa shape index (κ1) is 16.9. The van der Waals surface area contributed by atoms with E-state index in [1.807, 2.05) is 19.0 Å². The van der Waals surface area contributed by atoms with Gasteiger partial charge in [-0.05, 0) is 27.4 Å². The number of hydrogen-bond donors (Lipinski definition) is 0. The van der Waals surface area contributed by atoms with Crippen molar-refractivity contribution < 1.29 is 44.2 Å². The van der Waals surface area contributed by atoms with Crippen molar-refractivity contribution in [3.05, 3.63) is 9.88 Å². The molecule has 0 aliphatic heterocycles. The summed E-state index contributed by atoms with van der Waals surface area (Å²) < 4.78 is 5.32. The first-order chi connectivity index (χ1) is 7.50. The molecule has 0 unspecified atom stereocenters. The van der Waals surface area contributed by atoms with Gasteiger partial charge in [-0.25, -0.2) is 4.98 Å². The Balaban J connectivity index is 0.00000256. The molecule has 1 aromatic heterocycles. The summed E-state index contributed by atoms with van der Waals surface area (Å²) in [5.41, 5.74) is 0. The van der Waals surface area contributed by atoms with Crippen molar-refractivity contribution in [2.45, 2.75) is 13.3 Å². The second-order valence-corrected chi connectivity index (χ2v) is 4.86. The number of carbonyl (C=O) groups excluding carboxylic acids is 1. The van der Waals surface area contributed by atoms with E-state index in [1.165, 1.54) is 0 Å². The van der Waals surface area contributed by atoms with Crippen molar-refractivity contribution in [1.82, 2.24) is 9.88 Å². The number of carboxylic acid groups (broad SMARTS) is 1. The van der Waals surface area contributed by atoms with Gasteiger partial charge < -0.3 is 19.5 Å². The summed E-state index contributed by atoms with van der Waals surface area (Å²) in [6, 6.07) is 0. The summed E-state index contributed by atoms with van der Waals surface area (Å²) in [6.07, 6.45) is 0.829. The number of aromatic nitrogens is 1. The van der Waals surface area contributed by atoms with Crippen LogP contribution in [0.4, 0.5) is 0 Å². The average molecular weight is 266 g/mol. The minimum absolute atomic E-state index is 0. The Hall–Kier alpha value is -0.140. The maximum atomic E-state index is 10.7. The zero-order valence-corrected chi connectivity index (χ0v) is 13.5. The molecule has 0 saturated heterocycles. The Morgan fingerprint density at radius 2 is 2.18 bits per heavy atom. The molecule has 5 nitrogen and oxygen atoms in total. The van der Waals surface area contributed by atoms with E-state index < -0.39 is 5.97 Å². The van der Waals surface area contributed by atoms with E-state index in [0.717, 1.165) is 24.3 Å². The molecule has 1 heterocycles. The van der Waals surface area contributed by atoms with Crippen LogP contribution < -0.4 is 39.4 Å². The van der Waals surface area contributed by atoms with E-state index in [0.29, 0.717) is 11.6 Å². The monoisotopic (exact) mass is 266 g/mol. The molecule has 0 amide bonds. The number of hydrogen-bond acceptors (Lipinski definition) is 6. The first-order valence-corrected chi connectivity index (χ1v) is 5.78. The topological polar surface area (TPSA) is 65.5 Å². The van der Waals surface area contributed by atoms with Crippen LogP contribution in [0.5, 0.6) is 5.88 Å². The molecule has 0 N–H and O–H groups in total. The van der Waals surface area contributed by atoms with Gasteiger partial charge in [-0.3, -0.25) is 0 Å². The van der Waals surface area contributed by atoms with Gasteiger partial charge >= 0.3 is 29.6 Å². The number of ether oxygens (including phenoxy) is 1. The molecule has 17 heavy (non-hydrogen) atoms. The second kappa shape index (κ2) is 8.05. The van der Waals surface area contributed by atoms with Gasteiger partial charge in [0.25, 0.3) is 0 Å². The van der Waals surface area contributed by atoms with E-state index >= 15 is 0 Å². The Morgan fingerprint density at radius 3 is 2.71 bits per heavy atom. The third-order valence-corrected chi connectivity index (χ3v) is 2.81. The zero-order valence-electron chi connectivity index (χ0n) is 10.6. The van der Waals surface area contributed by atoms with E-state index in [9.17, 15) is 9.90 Å². The molecule has 0 spiro atoms. The maximum absolute atomic E-state index is 10.7. The summed E-state index contributed by atoms with van der Waals surface area (Å²) in [5, 5.41) is 11.4. The summed E-state index contributed by atoms with van der Waals surface area (Å²) in [4.78, 5) is 16.9. The Kier molecular flexibility index (Phi) is 7.98. The summed E-state index contributed by atoms with van der Waals surface area (Å²) in [5.74, 6) is -1.05. The van der Waals surface area contributed by atoms with Crippen molar-refractivity contribution in [1.29, 1.82) is 0 Å². The molecule has 90 valence electrons. The number of carbonyl (C=O) groups is 1. The van der Waals surface area contributed by atoms with Crippen molar-refractivity contribution in [2.24, 2.45) is 0 Å². The fourth-order valence-electron chi connectivity index (χ4n) is 1.18. The molecule has 0 saturated carbocycles. The van der Waals surface area contributed by atoms with E-state index in [1.54, 1.807) is 6.92 Å². The van der Waals surface area contributed by atoms with E-state index in [2.05, 4.69) is 4.98 Å². The van der Waals surface area contributed by atoms with Crippen molar-refractivity contribution in [3.63, 3.8) is 0 Å². The minimum atomic E-state index is -1.23. The number of aryl methyl sites for hydroxylation is 1. The third kappa shape index (κ3) is 5.83. The molecule has 7 heteroatoms. The van der Waals surface area contributed by atoms with Gasteiger partial charge in [0.1, 0.15) is 4.88 Å². The molecule has 0 fully saturated rings. The molecular formula is C10H15N2NaO3S. The summed E-state index contributed by atoms with van der Waals surface area (Å²) >= 11 is 1.08. The van der Waals surface area contributed by atoms with Crippen LogP contribution >= 0.6 is 11.3 Å². The molecule has 0 aromatic carbocycles. The Bertz CT molecular complexity index is 368. The second-order valence-electron chi connectivity index (χ2n) is 3.66. The SMILES string of the molecule is Cc1nc(OCCCN(C)C)c(C(=O)[O-])s1.[Na+]. The van der Waals surface area contributed by atoms with Crippen molar-refractivity contribution in [2.75, 3.05) is 27.2 Å². The third-order valence-electron chi connectivity index (χ3n) is 1.88. The summed E-state index contributed by atoms with van der Waals surface area (Å²) in [7, 11) is 3.94. The van der Waals surface area contributed by atoms with Gasteiger partial charge in [-0.1, -0.05) is 0 Å². The van der Waals surface area contributed by atoms with Gasteiger partial charge in [0.2, 0.25) is 5.88 Å². The van der Waals surface area contributed by atoms with E-state index in [4.69, 9.17) is 4.74 Å². The number of nitrogens with zero attached hydrogens (tertiary/aromatic N) is 2. The minimum Gasteiger partial charge on any atom is -0.544 e. The van der Waals surface area contributed by atoms with Crippen molar-refractivity contribution >= 4 is 17.3 Å². The molecule has 1 aromatic rings. The van der Waals surface area contributed by atoms with E-state index in [-0.39, 0.29) is 40.3 Å². The number of carboxylic acids is 1. The molecule has 0 bridgehead atoms. The largest absolute Gasteiger partial charge is 1.00 e. The van der Waals surface area contributed by atoms with Crippen LogP contribution in [0.15, 0.2) is 0 Å². The van der Waals surface area contributed by atoms with Gasteiger partial charge in [0.05, 0.1) is 17.6 Å². The smallest absolute Gasteiger partial charge is 0.544 e. The predicted molar refractivity (Wildman–Crippen MR) is 59.8 cm³/mol. The molecule has 0 radical (unpaired) electrons. The molecule has 1 rings (SSSR count). The van der Waals surface area contributed by atoms with Gasteiger partial charge in [-0.15, -0.1) is 11.3 Å². The predicted octanol–water partition coefficient (Wildman–Crippen LogP) is -2.85. The normalized spacial score (nSPS) is 10.1. The van der Waals surface area contributed by atoms with Gasteiger partial charge in [-0.2, -0.15) is 0 Å². The molecule has 0 aliphatic rings. The molecule has 0 aliphatic carbocycles. The average Bonchev–Trinajstić information content (AvgIpc) is 2.54. The van der Waals surface area contributed by atoms with Crippen LogP contribution in [-0.4, -0.2) is 43.1 Å². The fourth-order valence-corrected chi connectivity index (χ4v) is 1.88. The Morgan fingerprint density at radius 1 is 1.53 bits per heavy atom. The van der Waals surface area contributed by atoms with Crippen LogP contribution in [0, 0.1) is 6.92 Å². The summed E-state index contributed by atoms with van der Waals surface area (Å²) in [6.45, 7) is 3.09. The van der Waals surface area contributed by atoms with Crippen LogP contribution in [0.2, 0.25) is 0 Å². The van der Waals surface area contributed by atoms with Crippen LogP contribution in [0.3, 0.4) is 0 Å². The number of aromatic carboxylic acids is 1. The Labute approximate surface area is 127 Å². The van der Waals surface area contributed by atoms with Gasteiger partial charge in [0.15, 0.2) is 0 Å². The number of rotatable bonds is 6. The quantitative estimate of drug-likeness (QED) is 0.410. The van der Waals surface area contributed by atoms with Crippen molar-refractivity contribution in [3.8, 4) is 5.88 Å². The first-order valence-electron chi connectivity index (χ1n) is 4.97. The van der Waals surface area contributed by atoms with Crippen LogP contribution in [0.1, 0.15) is 21.1 Å². The zero-order chi connectivity index (χ0) is 12.1. The van der Waals surface area contributed by atoms with Crippen LogP contribution in [-0.2, 0) is 0 Å². The van der Waals surface area contributed by atoms with Crippen LogP contribution in [0.25, 0.3) is 0 Å². The number of thiazole rings is 1.